The predicted octanol–water partition coefficient (Wildman–Crippen LogP) is 4.36. The predicted molar refractivity (Wildman–Crippen MR) is 103 cm³/mol. The average Bonchev–Trinajstić information content (AvgIpc) is 3.01. The second kappa shape index (κ2) is 7.12. The van der Waals surface area contributed by atoms with Crippen molar-refractivity contribution in [1.82, 2.24) is 10.2 Å². The molecule has 2 unspecified atom stereocenters. The zero-order valence-corrected chi connectivity index (χ0v) is 15.4. The maximum absolute atomic E-state index is 13.0. The van der Waals surface area contributed by atoms with Gasteiger partial charge in [0, 0.05) is 30.3 Å². The highest BCUT2D eigenvalue weighted by Gasteiger charge is 2.35. The van der Waals surface area contributed by atoms with Gasteiger partial charge in [0.2, 0.25) is 0 Å². The van der Waals surface area contributed by atoms with Crippen LogP contribution in [0.25, 0.3) is 11.1 Å². The fraction of sp³-hybridized carbons (Fsp3) is 0.409. The van der Waals surface area contributed by atoms with Crippen LogP contribution in [0.4, 0.5) is 4.79 Å². The molecule has 26 heavy (non-hydrogen) atoms. The molecule has 4 nitrogen and oxygen atoms in total. The van der Waals surface area contributed by atoms with Gasteiger partial charge in [-0.05, 0) is 31.0 Å². The van der Waals surface area contributed by atoms with E-state index in [1.165, 1.54) is 6.42 Å². The largest absolute Gasteiger partial charge is 0.436 e. The van der Waals surface area contributed by atoms with Crippen LogP contribution >= 0.6 is 0 Å². The van der Waals surface area contributed by atoms with Gasteiger partial charge in [0.15, 0.2) is 6.10 Å². The molecule has 2 aromatic rings. The number of likely N-dealkylation sites (N-methyl/N-ethyl adjacent to an activating group) is 2. The summed E-state index contributed by atoms with van der Waals surface area (Å²) < 4.78 is 6.03. The Labute approximate surface area is 155 Å². The smallest absolute Gasteiger partial charge is 0.410 e. The number of fused-ring (bicyclic) bond motifs is 3. The second-order valence-electron chi connectivity index (χ2n) is 7.30. The first kappa shape index (κ1) is 17.1. The van der Waals surface area contributed by atoms with E-state index in [-0.39, 0.29) is 18.2 Å². The molecule has 0 radical (unpaired) electrons. The standard InChI is InChI=1S/C22H26N2O2/c1-23-19-13-7-8-14-20(19)24(2)22(25)26-21-17-11-5-3-9-15(17)16-10-4-6-12-18(16)21/h3-6,9-12,19-21,23H,7-8,13-14H2,1-2H3. The Balaban J connectivity index is 1.58. The number of benzene rings is 2. The first-order valence-corrected chi connectivity index (χ1v) is 9.49. The van der Waals surface area contributed by atoms with Crippen LogP contribution < -0.4 is 5.32 Å². The number of amides is 1. The Kier molecular flexibility index (Phi) is 4.68. The van der Waals surface area contributed by atoms with Gasteiger partial charge in [-0.2, -0.15) is 0 Å². The fourth-order valence-corrected chi connectivity index (χ4v) is 4.47. The second-order valence-corrected chi connectivity index (χ2v) is 7.30. The molecular weight excluding hydrogens is 324 g/mol. The van der Waals surface area contributed by atoms with Gasteiger partial charge >= 0.3 is 6.09 Å². The molecule has 2 atom stereocenters. The summed E-state index contributed by atoms with van der Waals surface area (Å²) >= 11 is 0. The van der Waals surface area contributed by atoms with Crippen molar-refractivity contribution >= 4 is 6.09 Å². The van der Waals surface area contributed by atoms with Crippen LogP contribution in [0, 0.1) is 0 Å². The molecule has 0 saturated heterocycles. The van der Waals surface area contributed by atoms with E-state index in [1.807, 2.05) is 38.4 Å². The molecule has 0 spiro atoms. The third-order valence-corrected chi connectivity index (χ3v) is 5.88. The summed E-state index contributed by atoms with van der Waals surface area (Å²) in [6.45, 7) is 0. The van der Waals surface area contributed by atoms with E-state index in [0.717, 1.165) is 41.5 Å². The maximum Gasteiger partial charge on any atom is 0.410 e. The lowest BCUT2D eigenvalue weighted by Gasteiger charge is -2.37. The van der Waals surface area contributed by atoms with Crippen molar-refractivity contribution in [2.24, 2.45) is 0 Å². The SMILES string of the molecule is CNC1CCCCC1N(C)C(=O)OC1c2ccccc2-c2ccccc21. The van der Waals surface area contributed by atoms with Gasteiger partial charge in [-0.1, -0.05) is 61.4 Å². The van der Waals surface area contributed by atoms with Crippen molar-refractivity contribution < 1.29 is 9.53 Å². The Morgan fingerprint density at radius 2 is 1.58 bits per heavy atom. The molecule has 4 rings (SSSR count). The van der Waals surface area contributed by atoms with E-state index in [9.17, 15) is 4.79 Å². The minimum absolute atomic E-state index is 0.188. The number of ether oxygens (including phenoxy) is 1. The molecule has 0 heterocycles. The van der Waals surface area contributed by atoms with Crippen molar-refractivity contribution in [3.05, 3.63) is 59.7 Å². The third-order valence-electron chi connectivity index (χ3n) is 5.88. The van der Waals surface area contributed by atoms with Crippen LogP contribution in [0.15, 0.2) is 48.5 Å². The van der Waals surface area contributed by atoms with Crippen molar-refractivity contribution in [1.29, 1.82) is 0 Å². The summed E-state index contributed by atoms with van der Waals surface area (Å²) in [6.07, 6.45) is 3.94. The van der Waals surface area contributed by atoms with Crippen LogP contribution in [0.3, 0.4) is 0 Å². The van der Waals surface area contributed by atoms with E-state index in [4.69, 9.17) is 4.74 Å². The van der Waals surface area contributed by atoms with Gasteiger partial charge in [0.25, 0.3) is 0 Å². The normalized spacial score (nSPS) is 21.8. The van der Waals surface area contributed by atoms with E-state index in [0.29, 0.717) is 6.04 Å². The van der Waals surface area contributed by atoms with E-state index in [2.05, 4.69) is 29.6 Å². The summed E-state index contributed by atoms with van der Waals surface area (Å²) in [6, 6.07) is 16.9. The number of carbonyl (C=O) groups excluding carboxylic acids is 1. The molecule has 2 aliphatic carbocycles. The first-order chi connectivity index (χ1) is 12.7. The van der Waals surface area contributed by atoms with Crippen LogP contribution in [-0.2, 0) is 4.74 Å². The molecule has 136 valence electrons. The molecule has 0 aromatic heterocycles. The molecular formula is C22H26N2O2. The zero-order valence-electron chi connectivity index (χ0n) is 15.4. The summed E-state index contributed by atoms with van der Waals surface area (Å²) in [5, 5.41) is 3.37. The topological polar surface area (TPSA) is 41.6 Å². The van der Waals surface area contributed by atoms with Crippen LogP contribution in [0.1, 0.15) is 42.9 Å². The number of nitrogens with one attached hydrogen (secondary N) is 1. The Bertz CT molecular complexity index is 759. The Morgan fingerprint density at radius 1 is 1.00 bits per heavy atom. The van der Waals surface area contributed by atoms with Crippen LogP contribution in [0.5, 0.6) is 0 Å². The molecule has 0 bridgehead atoms. The quantitative estimate of drug-likeness (QED) is 0.894. The minimum atomic E-state index is -0.325. The molecule has 1 N–H and O–H groups in total. The monoisotopic (exact) mass is 350 g/mol. The average molecular weight is 350 g/mol. The maximum atomic E-state index is 13.0. The Morgan fingerprint density at radius 3 is 2.19 bits per heavy atom. The highest BCUT2D eigenvalue weighted by Crippen LogP contribution is 2.45. The molecule has 2 aliphatic rings. The van der Waals surface area contributed by atoms with Gasteiger partial charge in [0.05, 0.1) is 0 Å². The minimum Gasteiger partial charge on any atom is -0.436 e. The summed E-state index contributed by atoms with van der Waals surface area (Å²) in [7, 11) is 3.85. The van der Waals surface area contributed by atoms with Gasteiger partial charge in [-0.3, -0.25) is 0 Å². The van der Waals surface area contributed by atoms with Crippen molar-refractivity contribution in [3.63, 3.8) is 0 Å². The molecule has 0 aliphatic heterocycles. The van der Waals surface area contributed by atoms with E-state index >= 15 is 0 Å². The number of nitrogens with zero attached hydrogens (tertiary/aromatic N) is 1. The van der Waals surface area contributed by atoms with Crippen molar-refractivity contribution in [2.75, 3.05) is 14.1 Å². The number of hydrogen-bond donors (Lipinski definition) is 1. The molecule has 1 amide bonds. The number of carbonyl (C=O) groups is 1. The molecule has 2 aromatic carbocycles. The van der Waals surface area contributed by atoms with Crippen LogP contribution in [-0.4, -0.2) is 37.2 Å². The zero-order chi connectivity index (χ0) is 18.1. The van der Waals surface area contributed by atoms with Gasteiger partial charge < -0.3 is 15.0 Å². The fourth-order valence-electron chi connectivity index (χ4n) is 4.47. The van der Waals surface area contributed by atoms with E-state index < -0.39 is 0 Å². The van der Waals surface area contributed by atoms with E-state index in [1.54, 1.807) is 4.90 Å². The van der Waals surface area contributed by atoms with Gasteiger partial charge in [0.1, 0.15) is 0 Å². The van der Waals surface area contributed by atoms with Gasteiger partial charge in [-0.15, -0.1) is 0 Å². The molecule has 4 heteroatoms. The van der Waals surface area contributed by atoms with Crippen molar-refractivity contribution in [3.8, 4) is 11.1 Å². The summed E-state index contributed by atoms with van der Waals surface area (Å²) in [5.41, 5.74) is 4.47. The third kappa shape index (κ3) is 2.88. The molecule has 1 saturated carbocycles. The highest BCUT2D eigenvalue weighted by molar-refractivity contribution is 5.79. The summed E-state index contributed by atoms with van der Waals surface area (Å²) in [5.74, 6) is 0. The number of rotatable bonds is 3. The highest BCUT2D eigenvalue weighted by atomic mass is 16.6. The number of hydrogen-bond acceptors (Lipinski definition) is 3. The molecule has 1 fully saturated rings. The lowest BCUT2D eigenvalue weighted by Crippen LogP contribution is -2.51. The Hall–Kier alpha value is -2.33. The summed E-state index contributed by atoms with van der Waals surface area (Å²) in [4.78, 5) is 14.8. The van der Waals surface area contributed by atoms with Gasteiger partial charge in [-0.25, -0.2) is 4.79 Å². The lowest BCUT2D eigenvalue weighted by atomic mass is 9.89. The van der Waals surface area contributed by atoms with Crippen molar-refractivity contribution in [2.45, 2.75) is 43.9 Å². The lowest BCUT2D eigenvalue weighted by molar-refractivity contribution is 0.0612. The first-order valence-electron chi connectivity index (χ1n) is 9.49. The van der Waals surface area contributed by atoms with Crippen LogP contribution in [0.2, 0.25) is 0 Å².